The molecule has 3 rings (SSSR count). The highest BCUT2D eigenvalue weighted by atomic mass is 35.5. The van der Waals surface area contributed by atoms with E-state index >= 15 is 0 Å². The Hall–Kier alpha value is -2.35. The van der Waals surface area contributed by atoms with Crippen LogP contribution < -0.4 is 5.32 Å². The smallest absolute Gasteiger partial charge is 0.234 e. The van der Waals surface area contributed by atoms with Crippen LogP contribution in [0, 0.1) is 5.82 Å². The van der Waals surface area contributed by atoms with E-state index in [1.54, 1.807) is 30.5 Å². The topological polar surface area (TPSA) is 67.1 Å². The molecule has 0 aliphatic heterocycles. The second kappa shape index (κ2) is 9.03. The minimum absolute atomic E-state index is 0.0663. The largest absolute Gasteiger partial charge is 0.390 e. The highest BCUT2D eigenvalue weighted by Crippen LogP contribution is 2.21. The maximum absolute atomic E-state index is 13.6. The van der Waals surface area contributed by atoms with E-state index in [1.165, 1.54) is 23.9 Å². The van der Waals surface area contributed by atoms with E-state index in [0.717, 1.165) is 5.56 Å². The summed E-state index contributed by atoms with van der Waals surface area (Å²) in [6.45, 7) is 0.337. The Kier molecular flexibility index (Phi) is 6.49. The van der Waals surface area contributed by atoms with E-state index in [2.05, 4.69) is 10.3 Å². The summed E-state index contributed by atoms with van der Waals surface area (Å²) in [4.78, 5) is 16.5. The van der Waals surface area contributed by atoms with Crippen molar-refractivity contribution in [2.45, 2.75) is 18.3 Å². The molecule has 0 unspecified atom stereocenters. The number of nitrogens with one attached hydrogen (secondary N) is 1. The van der Waals surface area contributed by atoms with Crippen molar-refractivity contribution in [3.8, 4) is 0 Å². The average Bonchev–Trinajstić information content (AvgIpc) is 3.06. The molecule has 2 aromatic carbocycles. The van der Waals surface area contributed by atoms with Gasteiger partial charge in [0.1, 0.15) is 5.82 Å². The first-order valence-corrected chi connectivity index (χ1v) is 9.50. The van der Waals surface area contributed by atoms with Crippen molar-refractivity contribution < 1.29 is 14.3 Å². The highest BCUT2D eigenvalue weighted by Gasteiger charge is 2.12. The summed E-state index contributed by atoms with van der Waals surface area (Å²) in [6, 6.07) is 13.4. The van der Waals surface area contributed by atoms with Crippen LogP contribution in [0.2, 0.25) is 5.02 Å². The molecule has 1 heterocycles. The number of rotatable bonds is 7. The minimum atomic E-state index is -0.484. The van der Waals surface area contributed by atoms with Gasteiger partial charge in [0, 0.05) is 17.8 Å². The van der Waals surface area contributed by atoms with Gasteiger partial charge in [-0.2, -0.15) is 0 Å². The van der Waals surface area contributed by atoms with E-state index in [-0.39, 0.29) is 24.0 Å². The minimum Gasteiger partial charge on any atom is -0.390 e. The Morgan fingerprint density at radius 2 is 1.96 bits per heavy atom. The number of aliphatic hydroxyl groups excluding tert-OH is 1. The highest BCUT2D eigenvalue weighted by molar-refractivity contribution is 7.99. The van der Waals surface area contributed by atoms with Crippen LogP contribution in [0.1, 0.15) is 11.3 Å². The van der Waals surface area contributed by atoms with Crippen molar-refractivity contribution in [2.24, 2.45) is 0 Å². The molecule has 1 amide bonds. The normalized spacial score (nSPS) is 10.8. The summed E-state index contributed by atoms with van der Waals surface area (Å²) in [5.74, 6) is -0.754. The molecule has 0 aliphatic carbocycles. The zero-order valence-corrected chi connectivity index (χ0v) is 15.8. The van der Waals surface area contributed by atoms with E-state index in [4.69, 9.17) is 11.6 Å². The SMILES string of the molecule is O=C(CSc1nc(CO)cn1Cc1ccc(Cl)cc1)Nc1ccccc1F. The number of para-hydroxylation sites is 1. The maximum Gasteiger partial charge on any atom is 0.234 e. The second-order valence-corrected chi connectivity index (χ2v) is 7.12. The molecule has 140 valence electrons. The van der Waals surface area contributed by atoms with Crippen LogP contribution in [0.3, 0.4) is 0 Å². The van der Waals surface area contributed by atoms with Gasteiger partial charge in [0.25, 0.3) is 0 Å². The molecular weight excluding hydrogens is 389 g/mol. The number of carbonyl (C=O) groups excluding carboxylic acids is 1. The van der Waals surface area contributed by atoms with E-state index in [0.29, 0.717) is 22.4 Å². The molecule has 3 aromatic rings. The molecule has 5 nitrogen and oxygen atoms in total. The first kappa shape index (κ1) is 19.4. The quantitative estimate of drug-likeness (QED) is 0.584. The van der Waals surface area contributed by atoms with Gasteiger partial charge in [-0.3, -0.25) is 4.79 Å². The van der Waals surface area contributed by atoms with Crippen LogP contribution in [0.15, 0.2) is 59.9 Å². The molecule has 0 saturated carbocycles. The number of hydrogen-bond donors (Lipinski definition) is 2. The summed E-state index contributed by atoms with van der Waals surface area (Å²) in [5, 5.41) is 13.1. The fraction of sp³-hybridized carbons (Fsp3) is 0.158. The zero-order valence-electron chi connectivity index (χ0n) is 14.2. The van der Waals surface area contributed by atoms with Crippen molar-refractivity contribution in [1.29, 1.82) is 0 Å². The van der Waals surface area contributed by atoms with Crippen LogP contribution in [-0.2, 0) is 17.9 Å². The lowest BCUT2D eigenvalue weighted by molar-refractivity contribution is -0.113. The monoisotopic (exact) mass is 405 g/mol. The number of aliphatic hydroxyl groups is 1. The van der Waals surface area contributed by atoms with Crippen molar-refractivity contribution in [2.75, 3.05) is 11.1 Å². The molecule has 0 atom stereocenters. The number of thioether (sulfide) groups is 1. The molecule has 2 N–H and O–H groups in total. The number of anilines is 1. The molecule has 8 heteroatoms. The van der Waals surface area contributed by atoms with Crippen molar-refractivity contribution in [1.82, 2.24) is 9.55 Å². The molecule has 0 fully saturated rings. The van der Waals surface area contributed by atoms with Crippen LogP contribution in [0.5, 0.6) is 0 Å². The Bertz CT molecular complexity index is 931. The van der Waals surface area contributed by atoms with E-state index in [1.807, 2.05) is 16.7 Å². The lowest BCUT2D eigenvalue weighted by Crippen LogP contribution is -2.15. The van der Waals surface area contributed by atoms with Crippen LogP contribution in [-0.4, -0.2) is 26.3 Å². The van der Waals surface area contributed by atoms with Gasteiger partial charge in [-0.25, -0.2) is 9.37 Å². The number of halogens is 2. The van der Waals surface area contributed by atoms with Crippen LogP contribution in [0.25, 0.3) is 0 Å². The molecule has 0 spiro atoms. The fourth-order valence-electron chi connectivity index (χ4n) is 2.42. The van der Waals surface area contributed by atoms with Crippen molar-refractivity contribution in [3.63, 3.8) is 0 Å². The molecule has 1 aromatic heterocycles. The first-order valence-electron chi connectivity index (χ1n) is 8.13. The predicted molar refractivity (Wildman–Crippen MR) is 104 cm³/mol. The van der Waals surface area contributed by atoms with Gasteiger partial charge < -0.3 is 15.0 Å². The first-order chi connectivity index (χ1) is 13.0. The molecular formula is C19H17ClFN3O2S. The number of nitrogens with zero attached hydrogens (tertiary/aromatic N) is 2. The molecule has 0 saturated heterocycles. The Morgan fingerprint density at radius 3 is 2.67 bits per heavy atom. The fourth-order valence-corrected chi connectivity index (χ4v) is 3.34. The summed E-state index contributed by atoms with van der Waals surface area (Å²) < 4.78 is 15.5. The van der Waals surface area contributed by atoms with E-state index < -0.39 is 5.82 Å². The zero-order chi connectivity index (χ0) is 19.2. The lowest BCUT2D eigenvalue weighted by Gasteiger charge is -2.08. The van der Waals surface area contributed by atoms with Gasteiger partial charge >= 0.3 is 0 Å². The van der Waals surface area contributed by atoms with Gasteiger partial charge in [0.15, 0.2) is 5.16 Å². The van der Waals surface area contributed by atoms with Crippen molar-refractivity contribution >= 4 is 35.0 Å². The summed E-state index contributed by atoms with van der Waals surface area (Å²) in [5.41, 5.74) is 1.67. The predicted octanol–water partition coefficient (Wildman–Crippen LogP) is 3.95. The van der Waals surface area contributed by atoms with Crippen molar-refractivity contribution in [3.05, 3.63) is 76.8 Å². The van der Waals surface area contributed by atoms with E-state index in [9.17, 15) is 14.3 Å². The molecule has 0 radical (unpaired) electrons. The number of hydrogen-bond acceptors (Lipinski definition) is 4. The number of imidazole rings is 1. The summed E-state index contributed by atoms with van der Waals surface area (Å²) in [7, 11) is 0. The van der Waals surface area contributed by atoms with Gasteiger partial charge in [-0.05, 0) is 29.8 Å². The Balaban J connectivity index is 1.67. The molecule has 0 bridgehead atoms. The number of benzene rings is 2. The molecule has 27 heavy (non-hydrogen) atoms. The third-order valence-electron chi connectivity index (χ3n) is 3.70. The number of carbonyl (C=O) groups is 1. The summed E-state index contributed by atoms with van der Waals surface area (Å²) in [6.07, 6.45) is 1.74. The third-order valence-corrected chi connectivity index (χ3v) is 4.94. The second-order valence-electron chi connectivity index (χ2n) is 5.74. The molecule has 0 aliphatic rings. The number of aromatic nitrogens is 2. The summed E-state index contributed by atoms with van der Waals surface area (Å²) >= 11 is 7.13. The lowest BCUT2D eigenvalue weighted by atomic mass is 10.2. The van der Waals surface area contributed by atoms with Gasteiger partial charge in [0.2, 0.25) is 5.91 Å². The average molecular weight is 406 g/mol. The van der Waals surface area contributed by atoms with Gasteiger partial charge in [-0.1, -0.05) is 47.6 Å². The van der Waals surface area contributed by atoms with Crippen LogP contribution >= 0.6 is 23.4 Å². The third kappa shape index (κ3) is 5.32. The van der Waals surface area contributed by atoms with Gasteiger partial charge in [0.05, 0.1) is 23.7 Å². The van der Waals surface area contributed by atoms with Crippen LogP contribution in [0.4, 0.5) is 10.1 Å². The Morgan fingerprint density at radius 1 is 1.22 bits per heavy atom. The maximum atomic E-state index is 13.6. The Labute approximate surface area is 165 Å². The standard InChI is InChI=1S/C19H17ClFN3O2S/c20-14-7-5-13(6-8-14)9-24-10-15(11-25)22-19(24)27-12-18(26)23-17-4-2-1-3-16(17)21/h1-8,10,25H,9,11-12H2,(H,23,26). The number of amides is 1. The van der Waals surface area contributed by atoms with Gasteiger partial charge in [-0.15, -0.1) is 0 Å².